The lowest BCUT2D eigenvalue weighted by atomic mass is 10.2. The molecule has 2 aromatic rings. The fourth-order valence-corrected chi connectivity index (χ4v) is 2.98. The van der Waals surface area contributed by atoms with Crippen molar-refractivity contribution in [3.8, 4) is 5.75 Å². The lowest BCUT2D eigenvalue weighted by molar-refractivity contribution is 0.475. The molecule has 0 saturated carbocycles. The van der Waals surface area contributed by atoms with E-state index in [1.807, 2.05) is 6.08 Å². The lowest BCUT2D eigenvalue weighted by Crippen LogP contribution is -2.33. The topological polar surface area (TPSA) is 54.6 Å². The number of hydrogen-bond acceptors (Lipinski definition) is 4. The third-order valence-corrected chi connectivity index (χ3v) is 3.91. The lowest BCUT2D eigenvalue weighted by Gasteiger charge is -2.03. The van der Waals surface area contributed by atoms with Gasteiger partial charge >= 0.3 is 0 Å². The van der Waals surface area contributed by atoms with Crippen LogP contribution in [0, 0.1) is 0 Å². The van der Waals surface area contributed by atoms with Crippen molar-refractivity contribution in [2.75, 3.05) is 6.54 Å². The fourth-order valence-electron chi connectivity index (χ4n) is 1.95. The first-order chi connectivity index (χ1) is 8.74. The van der Waals surface area contributed by atoms with Gasteiger partial charge in [0.2, 0.25) is 0 Å². The summed E-state index contributed by atoms with van der Waals surface area (Å²) in [5.41, 5.74) is 0.940. The van der Waals surface area contributed by atoms with Gasteiger partial charge in [-0.25, -0.2) is 0 Å². The number of aromatic hydroxyl groups is 1. The Morgan fingerprint density at radius 3 is 2.83 bits per heavy atom. The van der Waals surface area contributed by atoms with E-state index >= 15 is 0 Å². The summed E-state index contributed by atoms with van der Waals surface area (Å²) >= 11 is 1.43. The minimum absolute atomic E-state index is 0.0338. The van der Waals surface area contributed by atoms with E-state index in [1.165, 1.54) is 11.3 Å². The van der Waals surface area contributed by atoms with Gasteiger partial charge in [0.05, 0.1) is 4.53 Å². The second kappa shape index (κ2) is 4.42. The second-order valence-electron chi connectivity index (χ2n) is 4.18. The van der Waals surface area contributed by atoms with E-state index in [2.05, 4.69) is 4.99 Å². The Hall–Kier alpha value is -1.88. The monoisotopic (exact) mass is 260 g/mol. The first-order valence-electron chi connectivity index (χ1n) is 5.79. The highest BCUT2D eigenvalue weighted by molar-refractivity contribution is 7.07. The van der Waals surface area contributed by atoms with Gasteiger partial charge in [0.1, 0.15) is 5.75 Å². The Balaban J connectivity index is 2.16. The molecule has 1 N–H and O–H groups in total. The Labute approximate surface area is 107 Å². The van der Waals surface area contributed by atoms with Gasteiger partial charge in [-0.15, -0.1) is 0 Å². The quantitative estimate of drug-likeness (QED) is 0.810. The first-order valence-corrected chi connectivity index (χ1v) is 6.60. The van der Waals surface area contributed by atoms with E-state index < -0.39 is 0 Å². The van der Waals surface area contributed by atoms with Crippen LogP contribution in [-0.2, 0) is 6.54 Å². The van der Waals surface area contributed by atoms with Crippen LogP contribution < -0.4 is 14.9 Å². The zero-order chi connectivity index (χ0) is 12.5. The number of fused-ring (bicyclic) bond motifs is 1. The van der Waals surface area contributed by atoms with Crippen LogP contribution in [0.4, 0.5) is 0 Å². The second-order valence-corrected chi connectivity index (χ2v) is 5.19. The molecule has 0 saturated heterocycles. The van der Waals surface area contributed by atoms with Crippen LogP contribution in [0.3, 0.4) is 0 Å². The molecule has 0 radical (unpaired) electrons. The van der Waals surface area contributed by atoms with Crippen molar-refractivity contribution in [1.29, 1.82) is 0 Å². The standard InChI is InChI=1S/C13H12N2O2S/c16-10-4-2-9(3-5-10)8-11-12(17)15-7-1-6-14-13(15)18-11/h2-5,8,16H,1,6-7H2/b11-8+. The van der Waals surface area contributed by atoms with E-state index in [-0.39, 0.29) is 11.3 Å². The van der Waals surface area contributed by atoms with E-state index in [1.54, 1.807) is 28.8 Å². The van der Waals surface area contributed by atoms with Crippen molar-refractivity contribution in [1.82, 2.24) is 4.57 Å². The van der Waals surface area contributed by atoms with Gasteiger partial charge in [0.25, 0.3) is 5.56 Å². The molecule has 0 spiro atoms. The van der Waals surface area contributed by atoms with Gasteiger partial charge in [0.15, 0.2) is 4.80 Å². The van der Waals surface area contributed by atoms with Gasteiger partial charge < -0.3 is 5.11 Å². The Morgan fingerprint density at radius 1 is 1.33 bits per heavy atom. The van der Waals surface area contributed by atoms with Crippen molar-refractivity contribution >= 4 is 17.4 Å². The predicted octanol–water partition coefficient (Wildman–Crippen LogP) is 0.467. The zero-order valence-electron chi connectivity index (χ0n) is 9.67. The fraction of sp³-hybridized carbons (Fsp3) is 0.231. The number of aromatic nitrogens is 1. The van der Waals surface area contributed by atoms with E-state index in [0.717, 1.165) is 29.9 Å². The molecule has 0 fully saturated rings. The van der Waals surface area contributed by atoms with E-state index in [9.17, 15) is 9.90 Å². The molecule has 1 aliphatic rings. The maximum absolute atomic E-state index is 12.1. The van der Waals surface area contributed by atoms with Crippen LogP contribution in [0.5, 0.6) is 5.75 Å². The summed E-state index contributed by atoms with van der Waals surface area (Å²) < 4.78 is 2.43. The first kappa shape index (κ1) is 11.2. The van der Waals surface area contributed by atoms with Crippen LogP contribution in [0.2, 0.25) is 0 Å². The molecule has 1 aliphatic heterocycles. The summed E-state index contributed by atoms with van der Waals surface area (Å²) in [6.07, 6.45) is 2.77. The number of phenols is 1. The van der Waals surface area contributed by atoms with Gasteiger partial charge in [-0.05, 0) is 30.2 Å². The summed E-state index contributed by atoms with van der Waals surface area (Å²) in [4.78, 5) is 17.3. The van der Waals surface area contributed by atoms with Crippen molar-refractivity contribution in [2.24, 2.45) is 4.99 Å². The molecular weight excluding hydrogens is 248 g/mol. The smallest absolute Gasteiger partial charge is 0.270 e. The molecule has 18 heavy (non-hydrogen) atoms. The molecule has 3 rings (SSSR count). The zero-order valence-corrected chi connectivity index (χ0v) is 10.5. The van der Waals surface area contributed by atoms with Crippen LogP contribution in [-0.4, -0.2) is 16.2 Å². The number of benzene rings is 1. The highest BCUT2D eigenvalue weighted by atomic mass is 32.1. The minimum Gasteiger partial charge on any atom is -0.508 e. The van der Waals surface area contributed by atoms with Crippen LogP contribution in [0.15, 0.2) is 34.1 Å². The Bertz CT molecular complexity index is 741. The number of rotatable bonds is 1. The number of nitrogens with zero attached hydrogens (tertiary/aromatic N) is 2. The number of thiazole rings is 1. The van der Waals surface area contributed by atoms with Gasteiger partial charge in [-0.3, -0.25) is 14.4 Å². The highest BCUT2D eigenvalue weighted by Gasteiger charge is 2.08. The largest absolute Gasteiger partial charge is 0.508 e. The maximum atomic E-state index is 12.1. The minimum atomic E-state index is 0.0338. The molecule has 5 heteroatoms. The highest BCUT2D eigenvalue weighted by Crippen LogP contribution is 2.09. The molecule has 1 aromatic carbocycles. The summed E-state index contributed by atoms with van der Waals surface area (Å²) in [6.45, 7) is 1.57. The molecule has 2 heterocycles. The van der Waals surface area contributed by atoms with Gasteiger partial charge in [0, 0.05) is 13.1 Å². The van der Waals surface area contributed by atoms with E-state index in [0.29, 0.717) is 4.53 Å². The third-order valence-electron chi connectivity index (χ3n) is 2.87. The molecule has 92 valence electrons. The Kier molecular flexibility index (Phi) is 2.76. The molecule has 0 aliphatic carbocycles. The molecule has 0 unspecified atom stereocenters. The van der Waals surface area contributed by atoms with Crippen molar-refractivity contribution < 1.29 is 5.11 Å². The van der Waals surface area contributed by atoms with Crippen LogP contribution in [0.25, 0.3) is 6.08 Å². The van der Waals surface area contributed by atoms with Gasteiger partial charge in [-0.1, -0.05) is 23.5 Å². The van der Waals surface area contributed by atoms with Crippen LogP contribution in [0.1, 0.15) is 12.0 Å². The molecular formula is C13H12N2O2S. The normalized spacial score (nSPS) is 15.2. The molecule has 0 atom stereocenters. The van der Waals surface area contributed by atoms with Crippen molar-refractivity contribution in [3.05, 3.63) is 49.5 Å². The van der Waals surface area contributed by atoms with Crippen molar-refractivity contribution in [2.45, 2.75) is 13.0 Å². The average Bonchev–Trinajstić information content (AvgIpc) is 2.70. The summed E-state index contributed by atoms with van der Waals surface area (Å²) in [6, 6.07) is 6.80. The predicted molar refractivity (Wildman–Crippen MR) is 70.5 cm³/mol. The molecule has 1 aromatic heterocycles. The van der Waals surface area contributed by atoms with E-state index in [4.69, 9.17) is 0 Å². The van der Waals surface area contributed by atoms with Gasteiger partial charge in [-0.2, -0.15) is 0 Å². The Morgan fingerprint density at radius 2 is 2.11 bits per heavy atom. The summed E-state index contributed by atoms with van der Waals surface area (Å²) in [5, 5.41) is 9.22. The number of phenolic OH excluding ortho intramolecular Hbond substituents is 1. The maximum Gasteiger partial charge on any atom is 0.270 e. The third kappa shape index (κ3) is 1.97. The van der Waals surface area contributed by atoms with Crippen LogP contribution >= 0.6 is 11.3 Å². The number of hydrogen-bond donors (Lipinski definition) is 1. The average molecular weight is 260 g/mol. The van der Waals surface area contributed by atoms with Crippen molar-refractivity contribution in [3.63, 3.8) is 0 Å². The SMILES string of the molecule is O=c1/c(=C\c2ccc(O)cc2)sc2n1CCCN=2. The summed E-state index contributed by atoms with van der Waals surface area (Å²) in [5.74, 6) is 0.226. The molecule has 0 bridgehead atoms. The molecule has 0 amide bonds. The summed E-state index contributed by atoms with van der Waals surface area (Å²) in [7, 11) is 0. The molecule has 4 nitrogen and oxygen atoms in total.